The number of nitriles is 1. The molecular formula is C18H15F3N4O2. The van der Waals surface area contributed by atoms with E-state index in [-0.39, 0.29) is 17.8 Å². The van der Waals surface area contributed by atoms with Gasteiger partial charge in [-0.2, -0.15) is 18.4 Å². The molecule has 0 saturated carbocycles. The van der Waals surface area contributed by atoms with Gasteiger partial charge in [0.2, 0.25) is 0 Å². The van der Waals surface area contributed by atoms with Gasteiger partial charge in [0, 0.05) is 12.6 Å². The lowest BCUT2D eigenvalue weighted by molar-refractivity contribution is -0.141. The van der Waals surface area contributed by atoms with Crippen LogP contribution in [-0.4, -0.2) is 27.2 Å². The van der Waals surface area contributed by atoms with Crippen molar-refractivity contribution in [3.8, 4) is 6.07 Å². The summed E-state index contributed by atoms with van der Waals surface area (Å²) in [4.78, 5) is 31.6. The maximum absolute atomic E-state index is 12.7. The number of ketones is 1. The third kappa shape index (κ3) is 5.34. The predicted octanol–water partition coefficient (Wildman–Crippen LogP) is 2.95. The minimum atomic E-state index is -4.65. The maximum atomic E-state index is 12.7. The standard InChI is InChI=1S/C18H15F3N4O2/c1-17(2,10-22)25-16(27)13-8-11(6-7-23-13)9-14(26)12-4-3-5-15(24-12)18(19,20)21/h3-8H,9H2,1-2H3,(H,25,27). The molecule has 6 nitrogen and oxygen atoms in total. The molecule has 0 aromatic carbocycles. The number of aromatic nitrogens is 2. The van der Waals surface area contributed by atoms with Gasteiger partial charge in [0.15, 0.2) is 5.78 Å². The van der Waals surface area contributed by atoms with Gasteiger partial charge in [-0.3, -0.25) is 14.6 Å². The van der Waals surface area contributed by atoms with Crippen molar-refractivity contribution >= 4 is 11.7 Å². The summed E-state index contributed by atoms with van der Waals surface area (Å²) in [5.74, 6) is -1.23. The molecule has 2 rings (SSSR count). The van der Waals surface area contributed by atoms with Gasteiger partial charge in [0.1, 0.15) is 22.6 Å². The van der Waals surface area contributed by atoms with Crippen LogP contribution < -0.4 is 5.32 Å². The zero-order valence-corrected chi connectivity index (χ0v) is 14.5. The van der Waals surface area contributed by atoms with E-state index in [1.807, 2.05) is 6.07 Å². The van der Waals surface area contributed by atoms with Gasteiger partial charge in [-0.1, -0.05) is 6.07 Å². The van der Waals surface area contributed by atoms with Crippen LogP contribution in [0.25, 0.3) is 0 Å². The normalized spacial score (nSPS) is 11.6. The molecule has 0 bridgehead atoms. The topological polar surface area (TPSA) is 95.7 Å². The fourth-order valence-electron chi connectivity index (χ4n) is 2.11. The molecule has 0 saturated heterocycles. The van der Waals surface area contributed by atoms with Crippen molar-refractivity contribution in [3.05, 3.63) is 59.2 Å². The lowest BCUT2D eigenvalue weighted by atomic mass is 10.1. The lowest BCUT2D eigenvalue weighted by Gasteiger charge is -2.17. The third-order valence-corrected chi connectivity index (χ3v) is 3.45. The number of hydrogen-bond acceptors (Lipinski definition) is 5. The number of rotatable bonds is 5. The van der Waals surface area contributed by atoms with Crippen LogP contribution in [0.3, 0.4) is 0 Å². The SMILES string of the molecule is CC(C)(C#N)NC(=O)c1cc(CC(=O)c2cccc(C(F)(F)F)n2)ccn1. The van der Waals surface area contributed by atoms with E-state index in [1.54, 1.807) is 0 Å². The van der Waals surface area contributed by atoms with Crippen molar-refractivity contribution in [2.24, 2.45) is 0 Å². The Kier molecular flexibility index (Phi) is 5.59. The number of Topliss-reactive ketones (excluding diaryl/α,β-unsaturated/α-hetero) is 1. The first-order valence-electron chi connectivity index (χ1n) is 7.78. The maximum Gasteiger partial charge on any atom is 0.433 e. The molecule has 2 aromatic rings. The quantitative estimate of drug-likeness (QED) is 0.810. The first-order chi connectivity index (χ1) is 12.5. The largest absolute Gasteiger partial charge is 0.433 e. The van der Waals surface area contributed by atoms with Gasteiger partial charge in [-0.25, -0.2) is 4.98 Å². The van der Waals surface area contributed by atoms with E-state index in [0.29, 0.717) is 5.56 Å². The number of nitrogens with one attached hydrogen (secondary N) is 1. The summed E-state index contributed by atoms with van der Waals surface area (Å²) in [6.45, 7) is 3.02. The van der Waals surface area contributed by atoms with Crippen molar-refractivity contribution in [2.45, 2.75) is 32.0 Å². The van der Waals surface area contributed by atoms with Crippen molar-refractivity contribution in [1.82, 2.24) is 15.3 Å². The van der Waals surface area contributed by atoms with Gasteiger partial charge < -0.3 is 5.32 Å². The molecule has 0 unspecified atom stereocenters. The number of alkyl halides is 3. The van der Waals surface area contributed by atoms with E-state index in [4.69, 9.17) is 5.26 Å². The fraction of sp³-hybridized carbons (Fsp3) is 0.278. The summed E-state index contributed by atoms with van der Waals surface area (Å²) in [7, 11) is 0. The second kappa shape index (κ2) is 7.53. The summed E-state index contributed by atoms with van der Waals surface area (Å²) in [6, 6.07) is 7.81. The molecule has 0 spiro atoms. The van der Waals surface area contributed by atoms with Gasteiger partial charge >= 0.3 is 6.18 Å². The van der Waals surface area contributed by atoms with Crippen LogP contribution in [0, 0.1) is 11.3 Å². The van der Waals surface area contributed by atoms with Crippen LogP contribution in [-0.2, 0) is 12.6 Å². The minimum absolute atomic E-state index is 0.0133. The molecule has 0 aliphatic carbocycles. The summed E-state index contributed by atoms with van der Waals surface area (Å²) in [5.41, 5.74) is -2.21. The molecule has 27 heavy (non-hydrogen) atoms. The molecule has 1 N–H and O–H groups in total. The van der Waals surface area contributed by atoms with Crippen molar-refractivity contribution in [1.29, 1.82) is 5.26 Å². The van der Waals surface area contributed by atoms with E-state index in [0.717, 1.165) is 12.1 Å². The van der Waals surface area contributed by atoms with E-state index in [1.165, 1.54) is 38.2 Å². The van der Waals surface area contributed by atoms with Gasteiger partial charge in [0.05, 0.1) is 6.07 Å². The van der Waals surface area contributed by atoms with Crippen molar-refractivity contribution in [2.75, 3.05) is 0 Å². The molecule has 9 heteroatoms. The monoisotopic (exact) mass is 376 g/mol. The Hall–Kier alpha value is -3.28. The molecule has 0 aliphatic rings. The van der Waals surface area contributed by atoms with Gasteiger partial charge in [-0.15, -0.1) is 0 Å². The Morgan fingerprint density at radius 1 is 1.19 bits per heavy atom. The van der Waals surface area contributed by atoms with Gasteiger partial charge in [0.25, 0.3) is 5.91 Å². The zero-order chi connectivity index (χ0) is 20.2. The Bertz CT molecular complexity index is 917. The molecule has 1 amide bonds. The van der Waals surface area contributed by atoms with Crippen LogP contribution in [0.5, 0.6) is 0 Å². The van der Waals surface area contributed by atoms with Crippen LogP contribution in [0.1, 0.15) is 46.1 Å². The number of carbonyl (C=O) groups is 2. The Morgan fingerprint density at radius 2 is 1.89 bits per heavy atom. The van der Waals surface area contributed by atoms with Crippen LogP contribution in [0.2, 0.25) is 0 Å². The Balaban J connectivity index is 2.18. The molecule has 0 fully saturated rings. The predicted molar refractivity (Wildman–Crippen MR) is 88.7 cm³/mol. The molecule has 2 heterocycles. The molecule has 140 valence electrons. The average molecular weight is 376 g/mol. The highest BCUT2D eigenvalue weighted by Crippen LogP contribution is 2.27. The van der Waals surface area contributed by atoms with Gasteiger partial charge in [-0.05, 0) is 43.7 Å². The fourth-order valence-corrected chi connectivity index (χ4v) is 2.11. The highest BCUT2D eigenvalue weighted by atomic mass is 19.4. The van der Waals surface area contributed by atoms with Crippen molar-refractivity contribution in [3.63, 3.8) is 0 Å². The molecular weight excluding hydrogens is 361 g/mol. The van der Waals surface area contributed by atoms with Crippen LogP contribution in [0.4, 0.5) is 13.2 Å². The number of pyridine rings is 2. The highest BCUT2D eigenvalue weighted by Gasteiger charge is 2.32. The Labute approximate surface area is 153 Å². The van der Waals surface area contributed by atoms with E-state index < -0.39 is 29.1 Å². The summed E-state index contributed by atoms with van der Waals surface area (Å²) in [6.07, 6.45) is -3.60. The van der Waals surface area contributed by atoms with E-state index >= 15 is 0 Å². The second-order valence-corrected chi connectivity index (χ2v) is 6.25. The Morgan fingerprint density at radius 3 is 2.52 bits per heavy atom. The number of carbonyl (C=O) groups excluding carboxylic acids is 2. The lowest BCUT2D eigenvalue weighted by Crippen LogP contribution is -2.42. The van der Waals surface area contributed by atoms with E-state index in [2.05, 4.69) is 15.3 Å². The molecule has 2 aromatic heterocycles. The number of hydrogen-bond donors (Lipinski definition) is 1. The van der Waals surface area contributed by atoms with Crippen molar-refractivity contribution < 1.29 is 22.8 Å². The first kappa shape index (κ1) is 20.0. The minimum Gasteiger partial charge on any atom is -0.333 e. The molecule has 0 atom stereocenters. The third-order valence-electron chi connectivity index (χ3n) is 3.45. The zero-order valence-electron chi connectivity index (χ0n) is 14.5. The second-order valence-electron chi connectivity index (χ2n) is 6.25. The first-order valence-corrected chi connectivity index (χ1v) is 7.78. The molecule has 0 aliphatic heterocycles. The van der Waals surface area contributed by atoms with Crippen LogP contribution in [0.15, 0.2) is 36.5 Å². The van der Waals surface area contributed by atoms with Crippen LogP contribution >= 0.6 is 0 Å². The van der Waals surface area contributed by atoms with E-state index in [9.17, 15) is 22.8 Å². The number of halogens is 3. The number of nitrogens with zero attached hydrogens (tertiary/aromatic N) is 3. The number of amides is 1. The average Bonchev–Trinajstić information content (AvgIpc) is 2.61. The summed E-state index contributed by atoms with van der Waals surface area (Å²) < 4.78 is 38.1. The molecule has 0 radical (unpaired) electrons. The highest BCUT2D eigenvalue weighted by molar-refractivity contribution is 5.97. The smallest absolute Gasteiger partial charge is 0.333 e. The summed E-state index contributed by atoms with van der Waals surface area (Å²) >= 11 is 0. The summed E-state index contributed by atoms with van der Waals surface area (Å²) in [5, 5.41) is 11.4.